The Balaban J connectivity index is 1.57. The second-order valence-electron chi connectivity index (χ2n) is 5.30. The summed E-state index contributed by atoms with van der Waals surface area (Å²) < 4.78 is 0. The molecule has 0 radical (unpaired) electrons. The lowest BCUT2D eigenvalue weighted by Gasteiger charge is -2.21. The Morgan fingerprint density at radius 3 is 2.61 bits per heavy atom. The van der Waals surface area contributed by atoms with Crippen LogP contribution < -0.4 is 21.7 Å². The lowest BCUT2D eigenvalue weighted by atomic mass is 10.0. The molecule has 4 heteroatoms. The van der Waals surface area contributed by atoms with Crippen molar-refractivity contribution >= 4 is 0 Å². The molecule has 2 fully saturated rings. The van der Waals surface area contributed by atoms with E-state index < -0.39 is 0 Å². The van der Waals surface area contributed by atoms with Crippen LogP contribution in [0.15, 0.2) is 30.3 Å². The highest BCUT2D eigenvalue weighted by atomic mass is 15.7. The van der Waals surface area contributed by atoms with Crippen LogP contribution in [0.4, 0.5) is 0 Å². The minimum absolute atomic E-state index is 0.333. The SMILES string of the molecule is c1ccc(C2NNNC2CNC2CCCC2)cc1. The van der Waals surface area contributed by atoms with E-state index in [-0.39, 0.29) is 0 Å². The maximum absolute atomic E-state index is 3.68. The van der Waals surface area contributed by atoms with Crippen LogP contribution in [0.5, 0.6) is 0 Å². The van der Waals surface area contributed by atoms with Gasteiger partial charge in [0.1, 0.15) is 0 Å². The van der Waals surface area contributed by atoms with Crippen LogP contribution in [0.25, 0.3) is 0 Å². The highest BCUT2D eigenvalue weighted by molar-refractivity contribution is 5.21. The van der Waals surface area contributed by atoms with E-state index in [1.165, 1.54) is 31.2 Å². The van der Waals surface area contributed by atoms with Crippen molar-refractivity contribution in [3.05, 3.63) is 35.9 Å². The Morgan fingerprint density at radius 1 is 1.06 bits per heavy atom. The van der Waals surface area contributed by atoms with Crippen LogP contribution in [-0.4, -0.2) is 18.6 Å². The predicted molar refractivity (Wildman–Crippen MR) is 72.6 cm³/mol. The summed E-state index contributed by atoms with van der Waals surface area (Å²) in [7, 11) is 0. The summed E-state index contributed by atoms with van der Waals surface area (Å²) in [6.45, 7) is 1.00. The first-order chi connectivity index (χ1) is 8.93. The molecule has 1 aliphatic heterocycles. The molecule has 2 unspecified atom stereocenters. The molecule has 2 aliphatic rings. The van der Waals surface area contributed by atoms with Gasteiger partial charge in [-0.2, -0.15) is 5.53 Å². The molecule has 1 aliphatic carbocycles. The number of rotatable bonds is 4. The monoisotopic (exact) mass is 246 g/mol. The lowest BCUT2D eigenvalue weighted by Crippen LogP contribution is -2.42. The van der Waals surface area contributed by atoms with Crippen LogP contribution in [0, 0.1) is 0 Å². The average Bonchev–Trinajstić information content (AvgIpc) is 3.09. The molecule has 1 saturated carbocycles. The van der Waals surface area contributed by atoms with Gasteiger partial charge in [0.2, 0.25) is 0 Å². The normalized spacial score (nSPS) is 28.9. The minimum Gasteiger partial charge on any atom is -0.312 e. The maximum Gasteiger partial charge on any atom is 0.0655 e. The number of hydrogen-bond acceptors (Lipinski definition) is 4. The highest BCUT2D eigenvalue weighted by Gasteiger charge is 2.28. The van der Waals surface area contributed by atoms with Crippen molar-refractivity contribution in [2.24, 2.45) is 0 Å². The van der Waals surface area contributed by atoms with Gasteiger partial charge >= 0.3 is 0 Å². The summed E-state index contributed by atoms with van der Waals surface area (Å²) in [5.41, 5.74) is 11.0. The molecule has 0 spiro atoms. The van der Waals surface area contributed by atoms with Gasteiger partial charge in [0.15, 0.2) is 0 Å². The molecule has 4 N–H and O–H groups in total. The molecule has 2 atom stereocenters. The average molecular weight is 246 g/mol. The zero-order chi connectivity index (χ0) is 12.2. The van der Waals surface area contributed by atoms with Crippen molar-refractivity contribution in [1.82, 2.24) is 21.7 Å². The van der Waals surface area contributed by atoms with Gasteiger partial charge < -0.3 is 5.32 Å². The van der Waals surface area contributed by atoms with Crippen molar-refractivity contribution in [3.8, 4) is 0 Å². The third-order valence-electron chi connectivity index (χ3n) is 4.03. The third-order valence-corrected chi connectivity index (χ3v) is 4.03. The molecule has 1 heterocycles. The van der Waals surface area contributed by atoms with Crippen LogP contribution in [0.3, 0.4) is 0 Å². The van der Waals surface area contributed by atoms with E-state index in [1.54, 1.807) is 0 Å². The molecule has 98 valence electrons. The van der Waals surface area contributed by atoms with Gasteiger partial charge in [-0.05, 0) is 18.4 Å². The fourth-order valence-electron chi connectivity index (χ4n) is 2.96. The van der Waals surface area contributed by atoms with Gasteiger partial charge in [0.25, 0.3) is 0 Å². The van der Waals surface area contributed by atoms with Gasteiger partial charge in [-0.25, -0.2) is 10.9 Å². The number of benzene rings is 1. The summed E-state index contributed by atoms with van der Waals surface area (Å²) in [5, 5.41) is 3.68. The van der Waals surface area contributed by atoms with Gasteiger partial charge in [0.05, 0.1) is 12.1 Å². The van der Waals surface area contributed by atoms with E-state index in [0.29, 0.717) is 12.1 Å². The number of hydrazine groups is 2. The van der Waals surface area contributed by atoms with E-state index in [1.807, 2.05) is 0 Å². The number of nitrogens with one attached hydrogen (secondary N) is 4. The third kappa shape index (κ3) is 2.72. The first kappa shape index (κ1) is 12.1. The van der Waals surface area contributed by atoms with E-state index in [0.717, 1.165) is 12.6 Å². The van der Waals surface area contributed by atoms with Crippen LogP contribution >= 0.6 is 0 Å². The molecule has 3 rings (SSSR count). The Kier molecular flexibility index (Phi) is 3.90. The largest absolute Gasteiger partial charge is 0.312 e. The van der Waals surface area contributed by atoms with Crippen molar-refractivity contribution < 1.29 is 0 Å². The van der Waals surface area contributed by atoms with Crippen molar-refractivity contribution in [1.29, 1.82) is 0 Å². The van der Waals surface area contributed by atoms with Gasteiger partial charge in [-0.3, -0.25) is 0 Å². The zero-order valence-corrected chi connectivity index (χ0v) is 10.7. The van der Waals surface area contributed by atoms with Crippen LogP contribution in [0.2, 0.25) is 0 Å². The highest BCUT2D eigenvalue weighted by Crippen LogP contribution is 2.20. The molecule has 18 heavy (non-hydrogen) atoms. The molecule has 0 aromatic heterocycles. The van der Waals surface area contributed by atoms with E-state index in [4.69, 9.17) is 0 Å². The van der Waals surface area contributed by atoms with E-state index in [2.05, 4.69) is 52.0 Å². The predicted octanol–water partition coefficient (Wildman–Crippen LogP) is 1.24. The molecule has 1 aromatic rings. The number of hydrogen-bond donors (Lipinski definition) is 4. The van der Waals surface area contributed by atoms with E-state index in [9.17, 15) is 0 Å². The topological polar surface area (TPSA) is 48.1 Å². The van der Waals surface area contributed by atoms with Crippen molar-refractivity contribution in [2.45, 2.75) is 43.8 Å². The maximum atomic E-state index is 3.68. The van der Waals surface area contributed by atoms with E-state index >= 15 is 0 Å². The van der Waals surface area contributed by atoms with Crippen molar-refractivity contribution in [3.63, 3.8) is 0 Å². The molecule has 0 amide bonds. The van der Waals surface area contributed by atoms with Gasteiger partial charge in [0, 0.05) is 12.6 Å². The standard InChI is InChI=1S/C14H22N4/c1-2-6-11(7-3-1)14-13(16-18-17-14)10-15-12-8-4-5-9-12/h1-3,6-7,12-18H,4-5,8-10H2. The second kappa shape index (κ2) is 5.80. The minimum atomic E-state index is 0.333. The van der Waals surface area contributed by atoms with Crippen molar-refractivity contribution in [2.75, 3.05) is 6.54 Å². The lowest BCUT2D eigenvalue weighted by molar-refractivity contribution is 0.434. The zero-order valence-electron chi connectivity index (χ0n) is 10.7. The molecule has 1 saturated heterocycles. The van der Waals surface area contributed by atoms with Crippen LogP contribution in [-0.2, 0) is 0 Å². The summed E-state index contributed by atoms with van der Waals surface area (Å²) in [6.07, 6.45) is 5.44. The Morgan fingerprint density at radius 2 is 1.83 bits per heavy atom. The Bertz CT molecular complexity index is 361. The first-order valence-electron chi connectivity index (χ1n) is 6.98. The Hall–Kier alpha value is -0.940. The molecule has 0 bridgehead atoms. The van der Waals surface area contributed by atoms with Gasteiger partial charge in [-0.15, -0.1) is 0 Å². The van der Waals surface area contributed by atoms with Gasteiger partial charge in [-0.1, -0.05) is 43.2 Å². The van der Waals surface area contributed by atoms with Crippen LogP contribution in [0.1, 0.15) is 37.3 Å². The first-order valence-corrected chi connectivity index (χ1v) is 6.98. The smallest absolute Gasteiger partial charge is 0.0655 e. The molecule has 1 aromatic carbocycles. The molecular formula is C14H22N4. The quantitative estimate of drug-likeness (QED) is 0.646. The summed E-state index contributed by atoms with van der Waals surface area (Å²) in [6, 6.07) is 12.1. The molecule has 4 nitrogen and oxygen atoms in total. The Labute approximate surface area is 108 Å². The molecular weight excluding hydrogens is 224 g/mol. The summed E-state index contributed by atoms with van der Waals surface area (Å²) >= 11 is 0. The fraction of sp³-hybridized carbons (Fsp3) is 0.571. The summed E-state index contributed by atoms with van der Waals surface area (Å²) in [5.74, 6) is 0. The fourth-order valence-corrected chi connectivity index (χ4v) is 2.96. The summed E-state index contributed by atoms with van der Waals surface area (Å²) in [4.78, 5) is 0. The second-order valence-corrected chi connectivity index (χ2v) is 5.30.